The molecule has 0 N–H and O–H groups in total. The molecule has 1 saturated heterocycles. The maximum absolute atomic E-state index is 12.9. The molecule has 0 spiro atoms. The van der Waals surface area contributed by atoms with Crippen molar-refractivity contribution in [3.63, 3.8) is 0 Å². The van der Waals surface area contributed by atoms with Crippen molar-refractivity contribution in [2.45, 2.75) is 33.1 Å². The van der Waals surface area contributed by atoms with Crippen molar-refractivity contribution >= 4 is 34.7 Å². The minimum absolute atomic E-state index is 0.00331. The van der Waals surface area contributed by atoms with Gasteiger partial charge in [0, 0.05) is 17.7 Å². The van der Waals surface area contributed by atoms with Crippen LogP contribution in [0.15, 0.2) is 83.3 Å². The average Bonchev–Trinajstić information content (AvgIpc) is 3.44. The molecule has 0 atom stereocenters. The smallest absolute Gasteiger partial charge is 0.406 e. The van der Waals surface area contributed by atoms with Crippen LogP contribution in [-0.4, -0.2) is 44.2 Å². The molecule has 1 aromatic heterocycles. The van der Waals surface area contributed by atoms with Crippen molar-refractivity contribution in [1.29, 1.82) is 0 Å². The molecule has 0 saturated carbocycles. The van der Waals surface area contributed by atoms with Crippen LogP contribution in [0.1, 0.15) is 30.0 Å². The van der Waals surface area contributed by atoms with Gasteiger partial charge in [0.25, 0.3) is 0 Å². The number of amidine groups is 1. The lowest BCUT2D eigenvalue weighted by Gasteiger charge is -2.30. The molecule has 41 heavy (non-hydrogen) atoms. The van der Waals surface area contributed by atoms with Crippen molar-refractivity contribution < 1.29 is 22.7 Å². The van der Waals surface area contributed by atoms with Gasteiger partial charge in [0.2, 0.25) is 5.91 Å². The highest BCUT2D eigenvalue weighted by Gasteiger charge is 2.31. The molecule has 4 aromatic rings. The number of halogens is 3. The quantitative estimate of drug-likeness (QED) is 0.183. The highest BCUT2D eigenvalue weighted by atomic mass is 32.2. The molecule has 3 aromatic carbocycles. The first-order chi connectivity index (χ1) is 19.7. The summed E-state index contributed by atoms with van der Waals surface area (Å²) in [6.07, 6.45) is -0.421. The van der Waals surface area contributed by atoms with Crippen molar-refractivity contribution in [3.8, 4) is 22.8 Å². The molecule has 2 heterocycles. The van der Waals surface area contributed by atoms with Crippen LogP contribution in [0.2, 0.25) is 0 Å². The molecule has 5 rings (SSSR count). The fourth-order valence-corrected chi connectivity index (χ4v) is 5.20. The predicted molar refractivity (Wildman–Crippen MR) is 154 cm³/mol. The summed E-state index contributed by atoms with van der Waals surface area (Å²) in [6.45, 7) is 4.05. The van der Waals surface area contributed by atoms with Crippen molar-refractivity contribution in [2.24, 2.45) is 10.2 Å². The Morgan fingerprint density at radius 1 is 1.07 bits per heavy atom. The van der Waals surface area contributed by atoms with Crippen LogP contribution in [0.5, 0.6) is 5.75 Å². The lowest BCUT2D eigenvalue weighted by Crippen LogP contribution is -2.40. The molecule has 1 amide bonds. The molecule has 12 heteroatoms. The molecule has 8 nitrogen and oxygen atoms in total. The third kappa shape index (κ3) is 6.65. The highest BCUT2D eigenvalue weighted by Crippen LogP contribution is 2.32. The maximum Gasteiger partial charge on any atom is 0.573 e. The van der Waals surface area contributed by atoms with Crippen LogP contribution in [0.3, 0.4) is 0 Å². The molecule has 0 unspecified atom stereocenters. The van der Waals surface area contributed by atoms with Gasteiger partial charge < -0.3 is 4.74 Å². The summed E-state index contributed by atoms with van der Waals surface area (Å²) < 4.78 is 42.5. The Balaban J connectivity index is 1.29. The molecule has 0 bridgehead atoms. The molecule has 0 radical (unpaired) electrons. The molecule has 1 fully saturated rings. The number of thioether (sulfide) groups is 1. The molecular weight excluding hydrogens is 553 g/mol. The molecule has 0 aliphatic carbocycles. The van der Waals surface area contributed by atoms with E-state index in [9.17, 15) is 18.0 Å². The minimum atomic E-state index is -4.75. The Morgan fingerprint density at radius 2 is 1.83 bits per heavy atom. The fraction of sp³-hybridized carbons (Fsp3) is 0.207. The first-order valence-electron chi connectivity index (χ1n) is 12.8. The summed E-state index contributed by atoms with van der Waals surface area (Å²) in [5.41, 5.74) is 5.04. The molecular formula is C29H25F3N6O2S. The van der Waals surface area contributed by atoms with Crippen molar-refractivity contribution in [2.75, 3.05) is 10.7 Å². The Morgan fingerprint density at radius 3 is 2.54 bits per heavy atom. The fourth-order valence-electron chi connectivity index (χ4n) is 4.32. The zero-order valence-electron chi connectivity index (χ0n) is 22.2. The number of carbonyl (C=O) groups excluding carboxylic acids is 1. The minimum Gasteiger partial charge on any atom is -0.406 e. The second-order valence-electron chi connectivity index (χ2n) is 9.07. The first kappa shape index (κ1) is 28.1. The summed E-state index contributed by atoms with van der Waals surface area (Å²) in [4.78, 5) is 18.9. The maximum atomic E-state index is 12.9. The SMILES string of the molecule is CCc1cccc(C)c1N1C(=O)CCS/C1=N\N=C\c1ccc(-c2ncn(-c3ccc(OC(F)(F)F)cc3)n2)cc1. The van der Waals surface area contributed by atoms with Gasteiger partial charge in [-0.1, -0.05) is 61.2 Å². The third-order valence-electron chi connectivity index (χ3n) is 6.26. The monoisotopic (exact) mass is 578 g/mol. The van der Waals surface area contributed by atoms with E-state index in [1.807, 2.05) is 49.4 Å². The summed E-state index contributed by atoms with van der Waals surface area (Å²) >= 11 is 1.50. The van der Waals surface area contributed by atoms with E-state index in [-0.39, 0.29) is 11.7 Å². The Hall–Kier alpha value is -4.45. The van der Waals surface area contributed by atoms with Crippen LogP contribution in [0.25, 0.3) is 17.1 Å². The standard InChI is InChI=1S/C29H25F3N6O2S/c1-3-21-6-4-5-19(2)26(21)38-25(39)15-16-41-28(38)35-34-17-20-7-9-22(10-8-20)27-33-18-37(36-27)23-11-13-24(14-12-23)40-29(30,31)32/h4-14,17-18H,3,15-16H2,1-2H3/b34-17+,35-28-. The zero-order chi connectivity index (χ0) is 29.0. The number of para-hydroxylation sites is 1. The molecule has 1 aliphatic heterocycles. The Labute approximate surface area is 238 Å². The number of aromatic nitrogens is 3. The van der Waals surface area contributed by atoms with E-state index >= 15 is 0 Å². The molecule has 210 valence electrons. The Kier molecular flexibility index (Phi) is 8.20. The van der Waals surface area contributed by atoms with Crippen LogP contribution in [0, 0.1) is 6.92 Å². The average molecular weight is 579 g/mol. The second kappa shape index (κ2) is 12.0. The number of hydrogen-bond acceptors (Lipinski definition) is 7. The number of nitrogens with zero attached hydrogens (tertiary/aromatic N) is 6. The van der Waals surface area contributed by atoms with Gasteiger partial charge in [-0.2, -0.15) is 5.10 Å². The number of hydrogen-bond donors (Lipinski definition) is 0. The van der Waals surface area contributed by atoms with Gasteiger partial charge in [-0.25, -0.2) is 9.67 Å². The number of aryl methyl sites for hydroxylation is 2. The van der Waals surface area contributed by atoms with Gasteiger partial charge in [0.15, 0.2) is 11.0 Å². The number of anilines is 1. The van der Waals surface area contributed by atoms with E-state index in [0.29, 0.717) is 28.9 Å². The van der Waals surface area contributed by atoms with E-state index in [0.717, 1.165) is 34.4 Å². The van der Waals surface area contributed by atoms with Crippen LogP contribution >= 0.6 is 11.8 Å². The topological polar surface area (TPSA) is 85.0 Å². The second-order valence-corrected chi connectivity index (χ2v) is 10.1. The van der Waals surface area contributed by atoms with Gasteiger partial charge in [-0.3, -0.25) is 9.69 Å². The van der Waals surface area contributed by atoms with Crippen LogP contribution < -0.4 is 9.64 Å². The van der Waals surface area contributed by atoms with E-state index in [2.05, 4.69) is 31.9 Å². The van der Waals surface area contributed by atoms with Crippen LogP contribution in [-0.2, 0) is 11.2 Å². The highest BCUT2D eigenvalue weighted by molar-refractivity contribution is 8.14. The van der Waals surface area contributed by atoms with Gasteiger partial charge in [0.05, 0.1) is 17.6 Å². The van der Waals surface area contributed by atoms with Gasteiger partial charge in [-0.15, -0.1) is 23.4 Å². The molecule has 1 aliphatic rings. The van der Waals surface area contributed by atoms with Crippen molar-refractivity contribution in [1.82, 2.24) is 14.8 Å². The lowest BCUT2D eigenvalue weighted by atomic mass is 10.0. The third-order valence-corrected chi connectivity index (χ3v) is 7.19. The number of alkyl halides is 3. The normalized spacial score (nSPS) is 15.2. The predicted octanol–water partition coefficient (Wildman–Crippen LogP) is 6.56. The number of rotatable bonds is 7. The zero-order valence-corrected chi connectivity index (χ0v) is 23.0. The van der Waals surface area contributed by atoms with E-state index in [1.165, 1.54) is 47.0 Å². The first-order valence-corrected chi connectivity index (χ1v) is 13.7. The van der Waals surface area contributed by atoms with Gasteiger partial charge in [0.1, 0.15) is 12.1 Å². The number of carbonyl (C=O) groups is 1. The van der Waals surface area contributed by atoms with Gasteiger partial charge >= 0.3 is 6.36 Å². The summed E-state index contributed by atoms with van der Waals surface area (Å²) in [5, 5.41) is 13.6. The van der Waals surface area contributed by atoms with E-state index in [4.69, 9.17) is 0 Å². The largest absolute Gasteiger partial charge is 0.573 e. The Bertz CT molecular complexity index is 1600. The van der Waals surface area contributed by atoms with E-state index < -0.39 is 6.36 Å². The van der Waals surface area contributed by atoms with Gasteiger partial charge in [-0.05, 0) is 54.3 Å². The number of ether oxygens (including phenoxy) is 1. The summed E-state index contributed by atoms with van der Waals surface area (Å²) in [7, 11) is 0. The summed E-state index contributed by atoms with van der Waals surface area (Å²) in [5.74, 6) is 0.786. The summed E-state index contributed by atoms with van der Waals surface area (Å²) in [6, 6.07) is 18.7. The number of amides is 1. The number of benzene rings is 3. The van der Waals surface area contributed by atoms with Crippen molar-refractivity contribution in [3.05, 3.63) is 89.7 Å². The van der Waals surface area contributed by atoms with Crippen LogP contribution in [0.4, 0.5) is 18.9 Å². The van der Waals surface area contributed by atoms with E-state index in [1.54, 1.807) is 11.1 Å². The lowest BCUT2D eigenvalue weighted by molar-refractivity contribution is -0.274.